The van der Waals surface area contributed by atoms with Crippen molar-refractivity contribution in [3.63, 3.8) is 0 Å². The summed E-state index contributed by atoms with van der Waals surface area (Å²) in [5.74, 6) is -0.155. The molecule has 144 valence electrons. The monoisotopic (exact) mass is 417 g/mol. The summed E-state index contributed by atoms with van der Waals surface area (Å²) in [5.41, 5.74) is 1.32. The third kappa shape index (κ3) is 3.35. The Morgan fingerprint density at radius 2 is 1.82 bits per heavy atom. The van der Waals surface area contributed by atoms with Crippen molar-refractivity contribution >= 4 is 45.1 Å². The molecule has 0 atom stereocenters. The molecule has 0 spiro atoms. The van der Waals surface area contributed by atoms with Gasteiger partial charge in [-0.05, 0) is 17.7 Å². The standard InChI is InChI=1S/C19H16FN3O3S2/c1-22-18(26)16-13(11-2-4-12(20)5-3-11)10-28-17(16)21-19(22)27-9-8-23-14(24)6-7-15(23)25/h2-5,10H,6-9H2,1H3. The van der Waals surface area contributed by atoms with Crippen LogP contribution < -0.4 is 5.56 Å². The van der Waals surface area contributed by atoms with Gasteiger partial charge in [-0.25, -0.2) is 9.37 Å². The van der Waals surface area contributed by atoms with Crippen molar-refractivity contribution in [3.8, 4) is 11.1 Å². The Morgan fingerprint density at radius 3 is 2.50 bits per heavy atom. The second-order valence-corrected chi connectivity index (χ2v) is 8.30. The molecular formula is C19H16FN3O3S2. The number of aromatic nitrogens is 2. The fourth-order valence-electron chi connectivity index (χ4n) is 3.12. The van der Waals surface area contributed by atoms with Crippen molar-refractivity contribution in [3.05, 3.63) is 45.8 Å². The van der Waals surface area contributed by atoms with E-state index in [-0.39, 0.29) is 36.0 Å². The van der Waals surface area contributed by atoms with E-state index < -0.39 is 0 Å². The minimum atomic E-state index is -0.331. The van der Waals surface area contributed by atoms with E-state index in [0.717, 1.165) is 11.1 Å². The summed E-state index contributed by atoms with van der Waals surface area (Å²) in [4.78, 5) is 42.7. The minimum Gasteiger partial charge on any atom is -0.290 e. The zero-order valence-corrected chi connectivity index (χ0v) is 16.6. The molecule has 3 heterocycles. The lowest BCUT2D eigenvalue weighted by Crippen LogP contribution is -2.31. The van der Waals surface area contributed by atoms with Crippen molar-refractivity contribution in [1.29, 1.82) is 0 Å². The number of benzene rings is 1. The van der Waals surface area contributed by atoms with Crippen LogP contribution >= 0.6 is 23.1 Å². The number of nitrogens with zero attached hydrogens (tertiary/aromatic N) is 3. The maximum atomic E-state index is 13.2. The first-order valence-corrected chi connectivity index (χ1v) is 10.5. The van der Waals surface area contributed by atoms with Crippen LogP contribution in [0, 0.1) is 5.82 Å². The Kier molecular flexibility index (Phi) is 5.03. The first kappa shape index (κ1) is 18.8. The predicted octanol–water partition coefficient (Wildman–Crippen LogP) is 3.04. The summed E-state index contributed by atoms with van der Waals surface area (Å²) in [6.07, 6.45) is 0.543. The van der Waals surface area contributed by atoms with Crippen LogP contribution in [0.4, 0.5) is 4.39 Å². The van der Waals surface area contributed by atoms with Gasteiger partial charge in [0.1, 0.15) is 10.6 Å². The van der Waals surface area contributed by atoms with E-state index in [4.69, 9.17) is 0 Å². The van der Waals surface area contributed by atoms with Gasteiger partial charge in [-0.15, -0.1) is 11.3 Å². The molecule has 1 saturated heterocycles. The minimum absolute atomic E-state index is 0.148. The molecule has 0 radical (unpaired) electrons. The zero-order chi connectivity index (χ0) is 19.8. The van der Waals surface area contributed by atoms with Crippen molar-refractivity contribution in [2.24, 2.45) is 7.05 Å². The molecule has 0 N–H and O–H groups in total. The van der Waals surface area contributed by atoms with Gasteiger partial charge in [-0.1, -0.05) is 23.9 Å². The summed E-state index contributed by atoms with van der Waals surface area (Å²) in [6.45, 7) is 0.307. The van der Waals surface area contributed by atoms with Crippen LogP contribution in [0.2, 0.25) is 0 Å². The molecule has 9 heteroatoms. The maximum absolute atomic E-state index is 13.2. The second-order valence-electron chi connectivity index (χ2n) is 6.38. The molecule has 28 heavy (non-hydrogen) atoms. The third-order valence-corrected chi connectivity index (χ3v) is 6.51. The van der Waals surface area contributed by atoms with E-state index in [2.05, 4.69) is 4.98 Å². The van der Waals surface area contributed by atoms with Gasteiger partial charge in [-0.2, -0.15) is 0 Å². The van der Waals surface area contributed by atoms with Crippen molar-refractivity contribution in [2.45, 2.75) is 18.0 Å². The highest BCUT2D eigenvalue weighted by molar-refractivity contribution is 7.99. The van der Waals surface area contributed by atoms with Crippen molar-refractivity contribution < 1.29 is 14.0 Å². The lowest BCUT2D eigenvalue weighted by atomic mass is 10.1. The summed E-state index contributed by atoms with van der Waals surface area (Å²) in [7, 11) is 1.65. The van der Waals surface area contributed by atoms with E-state index in [9.17, 15) is 18.8 Å². The molecule has 6 nitrogen and oxygen atoms in total. The Labute approximate surface area is 168 Å². The second kappa shape index (κ2) is 7.48. The number of carbonyl (C=O) groups excluding carboxylic acids is 2. The summed E-state index contributed by atoms with van der Waals surface area (Å²) >= 11 is 2.70. The van der Waals surface area contributed by atoms with Crippen molar-refractivity contribution in [1.82, 2.24) is 14.5 Å². The SMILES string of the molecule is Cn1c(SCCN2C(=O)CCC2=O)nc2scc(-c3ccc(F)cc3)c2c1=O. The highest BCUT2D eigenvalue weighted by Crippen LogP contribution is 2.32. The fourth-order valence-corrected chi connectivity index (χ4v) is 5.01. The van der Waals surface area contributed by atoms with Gasteiger partial charge in [0.2, 0.25) is 11.8 Å². The third-order valence-electron chi connectivity index (χ3n) is 4.63. The molecule has 2 amide bonds. The van der Waals surface area contributed by atoms with Crippen LogP contribution in [-0.4, -0.2) is 38.6 Å². The van der Waals surface area contributed by atoms with Gasteiger partial charge in [0.05, 0.1) is 5.39 Å². The molecule has 3 aromatic rings. The summed E-state index contributed by atoms with van der Waals surface area (Å²) < 4.78 is 14.7. The number of fused-ring (bicyclic) bond motifs is 1. The topological polar surface area (TPSA) is 72.3 Å². The Bertz CT molecular complexity index is 1120. The number of hydrogen-bond donors (Lipinski definition) is 0. The molecule has 4 rings (SSSR count). The van der Waals surface area contributed by atoms with Crippen molar-refractivity contribution in [2.75, 3.05) is 12.3 Å². The maximum Gasteiger partial charge on any atom is 0.263 e. The fraction of sp³-hybridized carbons (Fsp3) is 0.263. The number of thioether (sulfide) groups is 1. The van der Waals surface area contributed by atoms with Gasteiger partial charge in [0.25, 0.3) is 5.56 Å². The molecule has 1 fully saturated rings. The Balaban J connectivity index is 1.60. The normalized spacial score (nSPS) is 14.4. The smallest absolute Gasteiger partial charge is 0.263 e. The van der Waals surface area contributed by atoms with Crippen LogP contribution in [0.1, 0.15) is 12.8 Å². The molecule has 1 aliphatic rings. The molecule has 0 unspecified atom stereocenters. The average Bonchev–Trinajstić information content (AvgIpc) is 3.24. The highest BCUT2D eigenvalue weighted by Gasteiger charge is 2.28. The van der Waals surface area contributed by atoms with Crippen LogP contribution in [0.5, 0.6) is 0 Å². The van der Waals surface area contributed by atoms with E-state index in [0.29, 0.717) is 27.7 Å². The number of carbonyl (C=O) groups is 2. The largest absolute Gasteiger partial charge is 0.290 e. The summed E-state index contributed by atoms with van der Waals surface area (Å²) in [5, 5.41) is 2.89. The van der Waals surface area contributed by atoms with E-state index in [1.807, 2.05) is 5.38 Å². The number of amides is 2. The van der Waals surface area contributed by atoms with Gasteiger partial charge in [0, 0.05) is 43.1 Å². The van der Waals surface area contributed by atoms with Crippen LogP contribution in [0.3, 0.4) is 0 Å². The van der Waals surface area contributed by atoms with Gasteiger partial charge >= 0.3 is 0 Å². The Hall–Kier alpha value is -2.52. The first-order valence-electron chi connectivity index (χ1n) is 8.66. The van der Waals surface area contributed by atoms with Crippen LogP contribution in [0.15, 0.2) is 39.6 Å². The molecule has 0 saturated carbocycles. The highest BCUT2D eigenvalue weighted by atomic mass is 32.2. The molecule has 1 aromatic carbocycles. The summed E-state index contributed by atoms with van der Waals surface area (Å²) in [6, 6.07) is 6.01. The molecule has 2 aromatic heterocycles. The van der Waals surface area contributed by atoms with Gasteiger partial charge < -0.3 is 0 Å². The zero-order valence-electron chi connectivity index (χ0n) is 15.0. The first-order chi connectivity index (χ1) is 13.5. The van der Waals surface area contributed by atoms with E-state index in [1.54, 1.807) is 19.2 Å². The van der Waals surface area contributed by atoms with E-state index in [1.165, 1.54) is 44.7 Å². The van der Waals surface area contributed by atoms with Crippen LogP contribution in [0.25, 0.3) is 21.3 Å². The van der Waals surface area contributed by atoms with Gasteiger partial charge in [-0.3, -0.25) is 23.9 Å². The van der Waals surface area contributed by atoms with Crippen LogP contribution in [-0.2, 0) is 16.6 Å². The number of thiophene rings is 1. The Morgan fingerprint density at radius 1 is 1.14 bits per heavy atom. The predicted molar refractivity (Wildman–Crippen MR) is 107 cm³/mol. The molecular weight excluding hydrogens is 401 g/mol. The number of rotatable bonds is 5. The number of hydrogen-bond acceptors (Lipinski definition) is 6. The average molecular weight is 417 g/mol. The lowest BCUT2D eigenvalue weighted by molar-refractivity contribution is -0.137. The molecule has 0 aliphatic carbocycles. The quantitative estimate of drug-likeness (QED) is 0.363. The number of halogens is 1. The number of imide groups is 1. The molecule has 0 bridgehead atoms. The van der Waals surface area contributed by atoms with E-state index >= 15 is 0 Å². The number of likely N-dealkylation sites (tertiary alicyclic amines) is 1. The van der Waals surface area contributed by atoms with Gasteiger partial charge in [0.15, 0.2) is 5.16 Å². The lowest BCUT2D eigenvalue weighted by Gasteiger charge is -2.13. The molecule has 1 aliphatic heterocycles.